The summed E-state index contributed by atoms with van der Waals surface area (Å²) in [5.41, 5.74) is 4.42. The van der Waals surface area contributed by atoms with E-state index in [1.807, 2.05) is 0 Å². The monoisotopic (exact) mass is 434 g/mol. The Morgan fingerprint density at radius 1 is 1.04 bits per heavy atom. The molecule has 3 aliphatic rings. The van der Waals surface area contributed by atoms with Crippen LogP contribution in [0, 0.1) is 6.92 Å². The lowest BCUT2D eigenvalue weighted by molar-refractivity contribution is -0.740. The Kier molecular flexibility index (Phi) is 3.74. The predicted molar refractivity (Wildman–Crippen MR) is 124 cm³/mol. The molecule has 28 heavy (non-hydrogen) atoms. The highest BCUT2D eigenvalue weighted by molar-refractivity contribution is 8.24. The van der Waals surface area contributed by atoms with E-state index in [1.54, 1.807) is 10.6 Å². The van der Waals surface area contributed by atoms with E-state index in [4.69, 9.17) is 0 Å². The van der Waals surface area contributed by atoms with Crippen LogP contribution >= 0.6 is 22.7 Å². The van der Waals surface area contributed by atoms with Crippen LogP contribution in [0.1, 0.15) is 31.7 Å². The number of rotatable bonds is 3. The molecule has 0 amide bonds. The Morgan fingerprint density at radius 3 is 2.18 bits per heavy atom. The van der Waals surface area contributed by atoms with Crippen LogP contribution in [0.3, 0.4) is 0 Å². The summed E-state index contributed by atoms with van der Waals surface area (Å²) in [6, 6.07) is 4.70. The molecule has 1 aliphatic heterocycles. The average Bonchev–Trinajstić information content (AvgIpc) is 3.48. The Bertz CT molecular complexity index is 1220. The molecule has 2 heterocycles. The fraction of sp³-hybridized carbons (Fsp3) is 0.500. The van der Waals surface area contributed by atoms with Gasteiger partial charge in [0.25, 0.3) is 4.06 Å². The smallest absolute Gasteiger partial charge is 0.265 e. The van der Waals surface area contributed by atoms with Crippen LogP contribution in [0.2, 0.25) is 0 Å². The van der Waals surface area contributed by atoms with Gasteiger partial charge in [0.05, 0.1) is 34.2 Å². The first kappa shape index (κ1) is 18.9. The van der Waals surface area contributed by atoms with Gasteiger partial charge in [0.1, 0.15) is 19.8 Å². The highest BCUT2D eigenvalue weighted by atomic mass is 32.3. The largest absolute Gasteiger partial charge is 0.288 e. The van der Waals surface area contributed by atoms with Crippen molar-refractivity contribution in [3.8, 4) is 0 Å². The summed E-state index contributed by atoms with van der Waals surface area (Å²) < 4.78 is 6.16. The summed E-state index contributed by atoms with van der Waals surface area (Å²) in [4.78, 5) is 13.6. The van der Waals surface area contributed by atoms with Crippen LogP contribution in [0.25, 0.3) is 9.40 Å². The Labute approximate surface area is 175 Å². The first-order valence-electron chi connectivity index (χ1n) is 10.00. The van der Waals surface area contributed by atoms with Gasteiger partial charge in [-0.15, -0.1) is 0 Å². The minimum atomic E-state index is -2.05. The van der Waals surface area contributed by atoms with E-state index >= 15 is 0 Å². The maximum atomic E-state index is 12.1. The van der Waals surface area contributed by atoms with Gasteiger partial charge in [-0.05, 0) is 50.5 Å². The van der Waals surface area contributed by atoms with Gasteiger partial charge in [-0.3, -0.25) is 4.79 Å². The standard InChI is InChI=1S/C22H30N2OS3/c1-14-7-9-16(10-8-14)24(5,6)28(23(3)4,20-13-21(20)28)19-12-18-17(11-15(19)2)26-22(25)27-18/h7,9,11-12,20-21H,8,10,13H2,1-6H3/q+2. The second-order valence-electron chi connectivity index (χ2n) is 9.22. The quantitative estimate of drug-likeness (QED) is 0.382. The van der Waals surface area contributed by atoms with Crippen molar-refractivity contribution in [2.24, 2.45) is 0 Å². The molecule has 2 fully saturated rings. The molecule has 1 aromatic heterocycles. The van der Waals surface area contributed by atoms with Crippen molar-refractivity contribution >= 4 is 41.2 Å². The lowest BCUT2D eigenvalue weighted by Crippen LogP contribution is -2.60. The topological polar surface area (TPSA) is 20.1 Å². The number of quaternary nitrogens is 1. The number of nitrogens with zero attached hydrogens (tertiary/aromatic N) is 2. The summed E-state index contributed by atoms with van der Waals surface area (Å²) in [5, 5.41) is 1.59. The van der Waals surface area contributed by atoms with Crippen molar-refractivity contribution in [1.29, 1.82) is 0 Å². The zero-order valence-electron chi connectivity index (χ0n) is 17.6. The molecule has 1 saturated heterocycles. The zero-order chi connectivity index (χ0) is 20.1. The highest BCUT2D eigenvalue weighted by Crippen LogP contribution is 2.81. The lowest BCUT2D eigenvalue weighted by atomic mass is 10.0. The molecule has 1 aromatic carbocycles. The van der Waals surface area contributed by atoms with E-state index in [0.29, 0.717) is 0 Å². The van der Waals surface area contributed by atoms with Gasteiger partial charge in [-0.1, -0.05) is 34.3 Å². The number of fused-ring (bicyclic) bond motifs is 2. The molecule has 2 aliphatic carbocycles. The summed E-state index contributed by atoms with van der Waals surface area (Å²) in [7, 11) is 7.52. The summed E-state index contributed by atoms with van der Waals surface area (Å²) in [6.45, 7) is 4.51. The second-order valence-corrected chi connectivity index (χ2v) is 16.9. The third-order valence-corrected chi connectivity index (χ3v) is 17.8. The van der Waals surface area contributed by atoms with Gasteiger partial charge in [-0.2, -0.15) is 3.95 Å². The molecule has 2 aromatic rings. The van der Waals surface area contributed by atoms with E-state index in [9.17, 15) is 4.79 Å². The number of hydrogen-bond donors (Lipinski definition) is 0. The van der Waals surface area contributed by atoms with Gasteiger partial charge in [0.2, 0.25) is 0 Å². The van der Waals surface area contributed by atoms with Gasteiger partial charge < -0.3 is 0 Å². The van der Waals surface area contributed by atoms with Crippen molar-refractivity contribution < 1.29 is 7.83 Å². The molecule has 3 nitrogen and oxygen atoms in total. The average molecular weight is 435 g/mol. The van der Waals surface area contributed by atoms with Crippen molar-refractivity contribution in [2.75, 3.05) is 28.2 Å². The second kappa shape index (κ2) is 5.54. The van der Waals surface area contributed by atoms with Crippen molar-refractivity contribution in [1.82, 2.24) is 0 Å². The molecule has 2 atom stereocenters. The molecule has 0 radical (unpaired) electrons. The molecule has 5 rings (SSSR count). The molecule has 2 unspecified atom stereocenters. The maximum absolute atomic E-state index is 12.1. The fourth-order valence-electron chi connectivity index (χ4n) is 6.21. The number of hydrogen-bond acceptors (Lipinski definition) is 3. The Hall–Kier alpha value is -1.08. The third kappa shape index (κ3) is 1.89. The molecular weight excluding hydrogens is 404 g/mol. The van der Waals surface area contributed by atoms with E-state index in [1.165, 1.54) is 51.4 Å². The molecule has 1 saturated carbocycles. The van der Waals surface area contributed by atoms with Gasteiger partial charge >= 0.3 is 0 Å². The van der Waals surface area contributed by atoms with Crippen molar-refractivity contribution in [2.45, 2.75) is 48.5 Å². The van der Waals surface area contributed by atoms with Gasteiger partial charge in [0, 0.05) is 20.3 Å². The zero-order valence-corrected chi connectivity index (χ0v) is 20.1. The van der Waals surface area contributed by atoms with E-state index in [-0.39, 0.29) is 4.06 Å². The Balaban J connectivity index is 1.85. The number of aryl methyl sites for hydroxylation is 1. The number of allylic oxidation sites excluding steroid dienone is 4. The Morgan fingerprint density at radius 2 is 1.68 bits per heavy atom. The van der Waals surface area contributed by atoms with Crippen LogP contribution in [-0.2, 0) is 9.14 Å². The van der Waals surface area contributed by atoms with E-state index in [2.05, 4.69) is 70.3 Å². The first-order valence-corrected chi connectivity index (χ1v) is 13.7. The summed E-state index contributed by atoms with van der Waals surface area (Å²) in [6.07, 6.45) is 8.42. The van der Waals surface area contributed by atoms with Crippen LogP contribution in [0.4, 0.5) is 0 Å². The molecular formula is C22H30N2OS3+2. The minimum Gasteiger partial charge on any atom is -0.265 e. The van der Waals surface area contributed by atoms with Gasteiger partial charge in [-0.25, -0.2) is 3.89 Å². The third-order valence-electron chi connectivity index (χ3n) is 7.63. The highest BCUT2D eigenvalue weighted by Gasteiger charge is 2.93. The first-order chi connectivity index (χ1) is 13.1. The fourth-order valence-corrected chi connectivity index (χ4v) is 17.2. The molecule has 6 heteroatoms. The van der Waals surface area contributed by atoms with Crippen molar-refractivity contribution in [3.05, 3.63) is 50.0 Å². The minimum absolute atomic E-state index is 0.211. The molecule has 150 valence electrons. The molecule has 0 bridgehead atoms. The molecule has 0 N–H and O–H groups in total. The van der Waals surface area contributed by atoms with Crippen LogP contribution < -0.4 is 4.06 Å². The summed E-state index contributed by atoms with van der Waals surface area (Å²) >= 11 is 2.82. The van der Waals surface area contributed by atoms with Crippen LogP contribution in [-0.4, -0.2) is 46.5 Å². The van der Waals surface area contributed by atoms with Gasteiger partial charge in [0.15, 0.2) is 0 Å². The number of benzene rings is 1. The van der Waals surface area contributed by atoms with Crippen molar-refractivity contribution in [3.63, 3.8) is 0 Å². The van der Waals surface area contributed by atoms with Crippen LogP contribution in [0.5, 0.6) is 0 Å². The van der Waals surface area contributed by atoms with E-state index < -0.39 is 9.14 Å². The molecule has 0 spiro atoms. The maximum Gasteiger partial charge on any atom is 0.288 e. The van der Waals surface area contributed by atoms with Crippen LogP contribution in [0.15, 0.2) is 45.2 Å². The van der Waals surface area contributed by atoms with E-state index in [0.717, 1.165) is 25.5 Å². The summed E-state index contributed by atoms with van der Waals surface area (Å²) in [5.74, 6) is 0. The lowest BCUT2D eigenvalue weighted by Gasteiger charge is -2.52. The normalized spacial score (nSPS) is 28.6. The predicted octanol–water partition coefficient (Wildman–Crippen LogP) is 4.91. The SMILES string of the molecule is CC1=CC=C([N+](C)(C)S2(c3cc4sc(=O)sc4cc3C)(=[N+](C)C)C3CC32)CC1.